The fraction of sp³-hybridized carbons (Fsp3) is 0.556. The maximum absolute atomic E-state index is 12.3. The lowest BCUT2D eigenvalue weighted by atomic mass is 9.93. The van der Waals surface area contributed by atoms with Gasteiger partial charge in [-0.3, -0.25) is 9.79 Å². The number of carbonyl (C=O) groups is 1. The number of hydrogen-bond donors (Lipinski definition) is 2. The van der Waals surface area contributed by atoms with Crippen LogP contribution in [0, 0.1) is 11.8 Å². The predicted octanol–water partition coefficient (Wildman–Crippen LogP) is 2.70. The summed E-state index contributed by atoms with van der Waals surface area (Å²) >= 11 is 0. The molecule has 1 aromatic carbocycles. The summed E-state index contributed by atoms with van der Waals surface area (Å²) in [4.78, 5) is 16.8. The van der Waals surface area contributed by atoms with Gasteiger partial charge in [0.05, 0.1) is 11.7 Å². The van der Waals surface area contributed by atoms with Crippen molar-refractivity contribution in [3.05, 3.63) is 29.8 Å². The number of para-hydroxylation sites is 1. The van der Waals surface area contributed by atoms with Crippen LogP contribution < -0.4 is 10.6 Å². The predicted molar refractivity (Wildman–Crippen MR) is 91.7 cm³/mol. The van der Waals surface area contributed by atoms with Crippen LogP contribution >= 0.6 is 0 Å². The Kier molecular flexibility index (Phi) is 6.13. The molecule has 3 atom stereocenters. The normalized spacial score (nSPS) is 19.3. The summed E-state index contributed by atoms with van der Waals surface area (Å²) in [6.07, 6.45) is 4.71. The van der Waals surface area contributed by atoms with E-state index in [4.69, 9.17) is 0 Å². The Morgan fingerprint density at radius 1 is 1.36 bits per heavy atom. The topological polar surface area (TPSA) is 53.5 Å². The van der Waals surface area contributed by atoms with E-state index < -0.39 is 0 Å². The summed E-state index contributed by atoms with van der Waals surface area (Å²) in [6.45, 7) is 5.22. The number of hydrogen-bond acceptors (Lipinski definition) is 3. The first kappa shape index (κ1) is 16.7. The molecule has 1 aromatic rings. The van der Waals surface area contributed by atoms with Crippen LogP contribution in [0.1, 0.15) is 32.3 Å². The van der Waals surface area contributed by atoms with Gasteiger partial charge in [-0.15, -0.1) is 0 Å². The van der Waals surface area contributed by atoms with Gasteiger partial charge >= 0.3 is 0 Å². The molecule has 0 saturated carbocycles. The molecule has 4 nitrogen and oxygen atoms in total. The second-order valence-corrected chi connectivity index (χ2v) is 6.36. The van der Waals surface area contributed by atoms with E-state index in [1.807, 2.05) is 38.4 Å². The Hall–Kier alpha value is -1.68. The van der Waals surface area contributed by atoms with Gasteiger partial charge in [-0.05, 0) is 50.4 Å². The van der Waals surface area contributed by atoms with Crippen molar-refractivity contribution < 1.29 is 4.79 Å². The summed E-state index contributed by atoms with van der Waals surface area (Å²) in [5, 5.41) is 6.28. The van der Waals surface area contributed by atoms with E-state index in [1.54, 1.807) is 0 Å². The quantitative estimate of drug-likeness (QED) is 0.813. The van der Waals surface area contributed by atoms with E-state index in [2.05, 4.69) is 28.6 Å². The van der Waals surface area contributed by atoms with Gasteiger partial charge in [-0.25, -0.2) is 0 Å². The fourth-order valence-electron chi connectivity index (χ4n) is 2.90. The van der Waals surface area contributed by atoms with Crippen molar-refractivity contribution in [2.75, 3.05) is 13.6 Å². The Bertz CT molecular complexity index is 527. The first-order chi connectivity index (χ1) is 10.6. The molecular weight excluding hydrogens is 274 g/mol. The highest BCUT2D eigenvalue weighted by Gasteiger charge is 2.21. The van der Waals surface area contributed by atoms with E-state index in [0.29, 0.717) is 5.92 Å². The molecule has 4 heteroatoms. The molecule has 0 spiro atoms. The standard InChI is InChI=1S/C18H27N3O/c1-13(8-9-19-3)10-14(2)18(22)21-16-11-15-6-4-5-7-17(15)20-12-16/h4-7,12-14,16,19H,8-11H2,1-3H3,(H,21,22). The van der Waals surface area contributed by atoms with Gasteiger partial charge in [0.1, 0.15) is 0 Å². The summed E-state index contributed by atoms with van der Waals surface area (Å²) in [5.74, 6) is 0.721. The van der Waals surface area contributed by atoms with Gasteiger partial charge in [0.2, 0.25) is 5.91 Å². The van der Waals surface area contributed by atoms with Crippen LogP contribution in [0.2, 0.25) is 0 Å². The Morgan fingerprint density at radius 2 is 2.14 bits per heavy atom. The molecule has 1 heterocycles. The highest BCUT2D eigenvalue weighted by Crippen LogP contribution is 2.23. The second-order valence-electron chi connectivity index (χ2n) is 6.36. The van der Waals surface area contributed by atoms with E-state index in [0.717, 1.165) is 31.5 Å². The van der Waals surface area contributed by atoms with Gasteiger partial charge in [0.15, 0.2) is 0 Å². The van der Waals surface area contributed by atoms with Crippen LogP contribution in [0.5, 0.6) is 0 Å². The smallest absolute Gasteiger partial charge is 0.223 e. The molecule has 2 N–H and O–H groups in total. The number of nitrogens with one attached hydrogen (secondary N) is 2. The molecule has 0 radical (unpaired) electrons. The largest absolute Gasteiger partial charge is 0.348 e. The third-order valence-electron chi connectivity index (χ3n) is 4.24. The Balaban J connectivity index is 1.83. The lowest BCUT2D eigenvalue weighted by Crippen LogP contribution is -2.41. The summed E-state index contributed by atoms with van der Waals surface area (Å²) in [6, 6.07) is 8.11. The molecule has 0 bridgehead atoms. The van der Waals surface area contributed by atoms with Crippen LogP contribution in [0.3, 0.4) is 0 Å². The van der Waals surface area contributed by atoms with Crippen molar-refractivity contribution in [1.82, 2.24) is 10.6 Å². The lowest BCUT2D eigenvalue weighted by Gasteiger charge is -2.23. The first-order valence-electron chi connectivity index (χ1n) is 8.17. The highest BCUT2D eigenvalue weighted by atomic mass is 16.1. The molecular formula is C18H27N3O. The van der Waals surface area contributed by atoms with Crippen LogP contribution in [0.4, 0.5) is 5.69 Å². The first-order valence-corrected chi connectivity index (χ1v) is 8.17. The van der Waals surface area contributed by atoms with Crippen LogP contribution in [-0.4, -0.2) is 31.8 Å². The van der Waals surface area contributed by atoms with E-state index in [1.165, 1.54) is 5.56 Å². The van der Waals surface area contributed by atoms with Gasteiger partial charge in [-0.1, -0.05) is 32.0 Å². The van der Waals surface area contributed by atoms with Gasteiger partial charge < -0.3 is 10.6 Å². The molecule has 120 valence electrons. The van der Waals surface area contributed by atoms with Crippen LogP contribution in [-0.2, 0) is 11.2 Å². The molecule has 1 aliphatic rings. The van der Waals surface area contributed by atoms with Crippen LogP contribution in [0.25, 0.3) is 0 Å². The average molecular weight is 301 g/mol. The maximum Gasteiger partial charge on any atom is 0.223 e. The van der Waals surface area contributed by atoms with Crippen LogP contribution in [0.15, 0.2) is 29.3 Å². The highest BCUT2D eigenvalue weighted by molar-refractivity contribution is 5.84. The van der Waals surface area contributed by atoms with Gasteiger partial charge in [-0.2, -0.15) is 0 Å². The summed E-state index contributed by atoms with van der Waals surface area (Å²) in [7, 11) is 1.96. The van der Waals surface area contributed by atoms with E-state index in [9.17, 15) is 4.79 Å². The number of amides is 1. The maximum atomic E-state index is 12.3. The zero-order chi connectivity index (χ0) is 15.9. The number of nitrogens with zero attached hydrogens (tertiary/aromatic N) is 1. The number of rotatable bonds is 7. The second kappa shape index (κ2) is 8.08. The van der Waals surface area contributed by atoms with Gasteiger partial charge in [0, 0.05) is 12.1 Å². The number of benzene rings is 1. The SMILES string of the molecule is CNCCC(C)CC(C)C(=O)NC1C=Nc2ccccc2C1. The van der Waals surface area contributed by atoms with Crippen molar-refractivity contribution in [1.29, 1.82) is 0 Å². The monoisotopic (exact) mass is 301 g/mol. The minimum atomic E-state index is 0.0115. The number of carbonyl (C=O) groups excluding carboxylic acids is 1. The number of fused-ring (bicyclic) bond motifs is 1. The van der Waals surface area contributed by atoms with Crippen molar-refractivity contribution in [3.8, 4) is 0 Å². The molecule has 0 aliphatic carbocycles. The molecule has 2 rings (SSSR count). The zero-order valence-corrected chi connectivity index (χ0v) is 13.8. The minimum absolute atomic E-state index is 0.0115. The van der Waals surface area contributed by atoms with Gasteiger partial charge in [0.25, 0.3) is 0 Å². The molecule has 0 fully saturated rings. The molecule has 3 unspecified atom stereocenters. The van der Waals surface area contributed by atoms with Crippen molar-refractivity contribution in [2.24, 2.45) is 16.8 Å². The lowest BCUT2D eigenvalue weighted by molar-refractivity contribution is -0.125. The van der Waals surface area contributed by atoms with Crippen molar-refractivity contribution in [2.45, 2.75) is 39.2 Å². The van der Waals surface area contributed by atoms with E-state index in [-0.39, 0.29) is 17.9 Å². The summed E-state index contributed by atoms with van der Waals surface area (Å²) in [5.41, 5.74) is 2.21. The Morgan fingerprint density at radius 3 is 2.91 bits per heavy atom. The molecule has 0 saturated heterocycles. The minimum Gasteiger partial charge on any atom is -0.348 e. The summed E-state index contributed by atoms with van der Waals surface area (Å²) < 4.78 is 0. The number of aliphatic imine (C=N–C) groups is 1. The average Bonchev–Trinajstić information content (AvgIpc) is 2.52. The molecule has 1 aliphatic heterocycles. The molecule has 22 heavy (non-hydrogen) atoms. The third-order valence-corrected chi connectivity index (χ3v) is 4.24. The third kappa shape index (κ3) is 4.67. The van der Waals surface area contributed by atoms with E-state index >= 15 is 0 Å². The molecule has 1 amide bonds. The fourth-order valence-corrected chi connectivity index (χ4v) is 2.90. The zero-order valence-electron chi connectivity index (χ0n) is 13.8. The Labute approximate surface area is 133 Å². The molecule has 0 aromatic heterocycles. The van der Waals surface area contributed by atoms with Crippen molar-refractivity contribution in [3.63, 3.8) is 0 Å². The van der Waals surface area contributed by atoms with Crippen molar-refractivity contribution >= 4 is 17.8 Å².